The van der Waals surface area contributed by atoms with Crippen molar-refractivity contribution in [2.45, 2.75) is 32.7 Å². The van der Waals surface area contributed by atoms with Gasteiger partial charge in [-0.3, -0.25) is 9.59 Å². The van der Waals surface area contributed by atoms with Crippen molar-refractivity contribution >= 4 is 17.7 Å². The van der Waals surface area contributed by atoms with Gasteiger partial charge in [0.05, 0.1) is 12.9 Å². The minimum atomic E-state index is -0.624. The molecule has 1 rings (SSSR count). The number of esters is 1. The maximum atomic E-state index is 10.9. The van der Waals surface area contributed by atoms with Gasteiger partial charge in [-0.1, -0.05) is 0 Å². The second-order valence-electron chi connectivity index (χ2n) is 3.94. The van der Waals surface area contributed by atoms with Crippen LogP contribution in [0, 0.1) is 0 Å². The van der Waals surface area contributed by atoms with Crippen LogP contribution in [0.2, 0.25) is 0 Å². The topological polar surface area (TPSA) is 113 Å². The zero-order valence-corrected chi connectivity index (χ0v) is 10.4. The van der Waals surface area contributed by atoms with E-state index in [-0.39, 0.29) is 11.7 Å². The fourth-order valence-electron chi connectivity index (χ4n) is 1.54. The van der Waals surface area contributed by atoms with E-state index >= 15 is 0 Å². The molecule has 0 aliphatic heterocycles. The van der Waals surface area contributed by atoms with Gasteiger partial charge in [-0.05, 0) is 19.3 Å². The molecular formula is C11H18N4O3. The number of aryl methyl sites for hydroxylation is 1. The van der Waals surface area contributed by atoms with Crippen molar-refractivity contribution in [2.24, 2.45) is 5.73 Å². The number of imidazole rings is 1. The van der Waals surface area contributed by atoms with Crippen LogP contribution in [0.15, 0.2) is 6.33 Å². The first-order chi connectivity index (χ1) is 8.52. The number of nitrogens with zero attached hydrogens (tertiary/aromatic N) is 2. The van der Waals surface area contributed by atoms with E-state index < -0.39 is 5.91 Å². The van der Waals surface area contributed by atoms with E-state index in [2.05, 4.69) is 4.98 Å². The normalized spacial score (nSPS) is 10.3. The molecule has 1 amide bonds. The molecule has 0 aliphatic rings. The summed E-state index contributed by atoms with van der Waals surface area (Å²) in [5.74, 6) is -0.594. The Bertz CT molecular complexity index is 428. The van der Waals surface area contributed by atoms with Gasteiger partial charge in [0.2, 0.25) is 0 Å². The maximum absolute atomic E-state index is 10.9. The van der Waals surface area contributed by atoms with E-state index in [1.807, 2.05) is 0 Å². The van der Waals surface area contributed by atoms with Crippen LogP contribution in [0.5, 0.6) is 0 Å². The van der Waals surface area contributed by atoms with E-state index in [0.717, 1.165) is 19.3 Å². The highest BCUT2D eigenvalue weighted by Crippen LogP contribution is 2.10. The highest BCUT2D eigenvalue weighted by molar-refractivity contribution is 5.95. The van der Waals surface area contributed by atoms with E-state index in [1.165, 1.54) is 13.3 Å². The molecule has 7 nitrogen and oxygen atoms in total. The van der Waals surface area contributed by atoms with Crippen LogP contribution in [0.4, 0.5) is 5.82 Å². The zero-order valence-electron chi connectivity index (χ0n) is 10.4. The molecule has 0 aliphatic carbocycles. The minimum absolute atomic E-state index is 0.106. The highest BCUT2D eigenvalue weighted by atomic mass is 16.5. The number of amides is 1. The first-order valence-corrected chi connectivity index (χ1v) is 5.76. The molecule has 0 fully saturated rings. The Hall–Kier alpha value is -2.05. The molecule has 18 heavy (non-hydrogen) atoms. The molecule has 1 heterocycles. The monoisotopic (exact) mass is 254 g/mol. The van der Waals surface area contributed by atoms with Crippen molar-refractivity contribution in [3.8, 4) is 0 Å². The number of primary amides is 1. The van der Waals surface area contributed by atoms with E-state index in [0.29, 0.717) is 19.0 Å². The third-order valence-corrected chi connectivity index (χ3v) is 2.46. The van der Waals surface area contributed by atoms with Gasteiger partial charge in [0.25, 0.3) is 5.91 Å². The van der Waals surface area contributed by atoms with Gasteiger partial charge in [0.1, 0.15) is 5.82 Å². The summed E-state index contributed by atoms with van der Waals surface area (Å²) >= 11 is 0. The third-order valence-electron chi connectivity index (χ3n) is 2.46. The summed E-state index contributed by atoms with van der Waals surface area (Å²) in [7, 11) is 0. The summed E-state index contributed by atoms with van der Waals surface area (Å²) in [6.45, 7) is 2.48. The number of ether oxygens (including phenoxy) is 1. The molecule has 0 unspecified atom stereocenters. The van der Waals surface area contributed by atoms with Gasteiger partial charge >= 0.3 is 5.97 Å². The predicted molar refractivity (Wildman–Crippen MR) is 65.6 cm³/mol. The van der Waals surface area contributed by atoms with Gasteiger partial charge in [-0.15, -0.1) is 0 Å². The Labute approximate surface area is 105 Å². The molecule has 0 spiro atoms. The zero-order chi connectivity index (χ0) is 13.5. The van der Waals surface area contributed by atoms with Crippen LogP contribution >= 0.6 is 0 Å². The van der Waals surface area contributed by atoms with E-state index in [9.17, 15) is 9.59 Å². The number of aromatic nitrogens is 2. The highest BCUT2D eigenvalue weighted by Gasteiger charge is 2.11. The van der Waals surface area contributed by atoms with Crippen molar-refractivity contribution in [3.05, 3.63) is 12.0 Å². The lowest BCUT2D eigenvalue weighted by molar-refractivity contribution is -0.141. The average Bonchev–Trinajstić information content (AvgIpc) is 2.65. The summed E-state index contributed by atoms with van der Waals surface area (Å²) in [6, 6.07) is 0. The SMILES string of the molecule is CC(=O)OCCCCCn1cnc(C(N)=O)c1N. The molecule has 1 aromatic heterocycles. The molecule has 7 heteroatoms. The Morgan fingerprint density at radius 1 is 1.39 bits per heavy atom. The Morgan fingerprint density at radius 2 is 2.11 bits per heavy atom. The number of nitrogen functional groups attached to an aromatic ring is 1. The molecule has 4 N–H and O–H groups in total. The molecule has 100 valence electrons. The van der Waals surface area contributed by atoms with Crippen LogP contribution < -0.4 is 11.5 Å². The summed E-state index contributed by atoms with van der Waals surface area (Å²) < 4.78 is 6.50. The van der Waals surface area contributed by atoms with Crippen molar-refractivity contribution < 1.29 is 14.3 Å². The van der Waals surface area contributed by atoms with Gasteiger partial charge in [0, 0.05) is 13.5 Å². The van der Waals surface area contributed by atoms with Crippen LogP contribution in [0.25, 0.3) is 0 Å². The van der Waals surface area contributed by atoms with Crippen molar-refractivity contribution in [2.75, 3.05) is 12.3 Å². The van der Waals surface area contributed by atoms with Crippen molar-refractivity contribution in [1.29, 1.82) is 0 Å². The molecule has 0 aromatic carbocycles. The maximum Gasteiger partial charge on any atom is 0.302 e. The first-order valence-electron chi connectivity index (χ1n) is 5.76. The number of rotatable bonds is 7. The largest absolute Gasteiger partial charge is 0.466 e. The number of hydrogen-bond acceptors (Lipinski definition) is 5. The van der Waals surface area contributed by atoms with Crippen LogP contribution in [-0.4, -0.2) is 28.0 Å². The Balaban J connectivity index is 2.27. The standard InChI is InChI=1S/C11H18N4O3/c1-8(16)18-6-4-2-3-5-15-7-14-9(10(15)12)11(13)17/h7H,2-6,12H2,1H3,(H2,13,17). The first kappa shape index (κ1) is 14.0. The minimum Gasteiger partial charge on any atom is -0.466 e. The van der Waals surface area contributed by atoms with Gasteiger partial charge in [-0.25, -0.2) is 4.98 Å². The smallest absolute Gasteiger partial charge is 0.302 e. The molecule has 0 bridgehead atoms. The van der Waals surface area contributed by atoms with E-state index in [4.69, 9.17) is 16.2 Å². The second kappa shape index (κ2) is 6.63. The summed E-state index contributed by atoms with van der Waals surface area (Å²) in [5.41, 5.74) is 10.9. The summed E-state index contributed by atoms with van der Waals surface area (Å²) in [4.78, 5) is 25.3. The van der Waals surface area contributed by atoms with Crippen molar-refractivity contribution in [3.63, 3.8) is 0 Å². The molecule has 0 saturated heterocycles. The number of carbonyl (C=O) groups excluding carboxylic acids is 2. The number of anilines is 1. The summed E-state index contributed by atoms with van der Waals surface area (Å²) in [6.07, 6.45) is 4.06. The lowest BCUT2D eigenvalue weighted by atomic mass is 10.2. The van der Waals surface area contributed by atoms with Crippen LogP contribution in [0.3, 0.4) is 0 Å². The van der Waals surface area contributed by atoms with Gasteiger partial charge in [-0.2, -0.15) is 0 Å². The molecule has 0 saturated carbocycles. The quantitative estimate of drug-likeness (QED) is 0.536. The lowest BCUT2D eigenvalue weighted by Crippen LogP contribution is -2.14. The number of carbonyl (C=O) groups is 2. The molecule has 0 atom stereocenters. The van der Waals surface area contributed by atoms with E-state index in [1.54, 1.807) is 4.57 Å². The lowest BCUT2D eigenvalue weighted by Gasteiger charge is -2.05. The van der Waals surface area contributed by atoms with Crippen molar-refractivity contribution in [1.82, 2.24) is 9.55 Å². The molecule has 0 radical (unpaired) electrons. The predicted octanol–water partition coefficient (Wildman–Crippen LogP) is 0.298. The number of hydrogen-bond donors (Lipinski definition) is 2. The molecule has 1 aromatic rings. The molecular weight excluding hydrogens is 236 g/mol. The number of nitrogens with two attached hydrogens (primary N) is 2. The van der Waals surface area contributed by atoms with Crippen LogP contribution in [-0.2, 0) is 16.1 Å². The fraction of sp³-hybridized carbons (Fsp3) is 0.545. The second-order valence-corrected chi connectivity index (χ2v) is 3.94. The average molecular weight is 254 g/mol. The Morgan fingerprint density at radius 3 is 2.67 bits per heavy atom. The van der Waals surface area contributed by atoms with Crippen LogP contribution in [0.1, 0.15) is 36.7 Å². The summed E-state index contributed by atoms with van der Waals surface area (Å²) in [5, 5.41) is 0. The third kappa shape index (κ3) is 4.08. The van der Waals surface area contributed by atoms with Gasteiger partial charge in [0.15, 0.2) is 5.69 Å². The number of unbranched alkanes of at least 4 members (excludes halogenated alkanes) is 2. The van der Waals surface area contributed by atoms with Gasteiger partial charge < -0.3 is 20.8 Å². The fourth-order valence-corrected chi connectivity index (χ4v) is 1.54. The Kier molecular flexibility index (Phi) is 5.16.